The van der Waals surface area contributed by atoms with Gasteiger partial charge in [0.25, 0.3) is 5.91 Å². The first-order chi connectivity index (χ1) is 13.3. The maximum Gasteiger partial charge on any atom is 0.430 e. The number of aliphatic carboxylic acids is 2. The number of halogens is 3. The minimum Gasteiger partial charge on any atom is -0.542 e. The Balaban J connectivity index is 0.000000370. The van der Waals surface area contributed by atoms with Gasteiger partial charge in [-0.1, -0.05) is 11.8 Å². The number of carboxylic acid groups (broad SMARTS) is 2. The van der Waals surface area contributed by atoms with Gasteiger partial charge in [0.1, 0.15) is 27.9 Å². The third kappa shape index (κ3) is 5.01. The monoisotopic (exact) mass is 454 g/mol. The van der Waals surface area contributed by atoms with Crippen LogP contribution in [0.3, 0.4) is 0 Å². The highest BCUT2D eigenvalue weighted by molar-refractivity contribution is 8.06. The molecule has 0 aromatic carbocycles. The molecule has 3 heterocycles. The molecular weight excluding hydrogens is 441 g/mol. The average Bonchev–Trinajstić information content (AvgIpc) is 2.59. The first kappa shape index (κ1) is 22.6. The lowest BCUT2D eigenvalue weighted by Gasteiger charge is -2.45. The fourth-order valence-corrected chi connectivity index (χ4v) is 4.71. The van der Waals surface area contributed by atoms with Crippen LogP contribution in [-0.2, 0) is 14.4 Å². The van der Waals surface area contributed by atoms with Gasteiger partial charge in [-0.05, 0) is 0 Å². The summed E-state index contributed by atoms with van der Waals surface area (Å²) in [5.74, 6) is -3.77. The summed E-state index contributed by atoms with van der Waals surface area (Å²) >= 11 is 2.60. The second kappa shape index (κ2) is 8.34. The van der Waals surface area contributed by atoms with Crippen LogP contribution in [0.25, 0.3) is 0 Å². The van der Waals surface area contributed by atoms with E-state index in [0.717, 1.165) is 11.8 Å². The van der Waals surface area contributed by atoms with Crippen LogP contribution in [0.15, 0.2) is 21.7 Å². The maximum absolute atomic E-state index is 11.9. The molecule has 3 rings (SSSR count). The molecule has 1 aromatic rings. The summed E-state index contributed by atoms with van der Waals surface area (Å²) in [6.45, 7) is 0. The van der Waals surface area contributed by atoms with E-state index in [9.17, 15) is 27.9 Å². The Bertz CT molecular complexity index is 876. The number of hydrogen-bond acceptors (Lipinski definition) is 10. The number of anilines is 2. The molecule has 1 saturated heterocycles. The molecule has 2 atom stereocenters. The first-order valence-electron chi connectivity index (χ1n) is 7.43. The third-order valence-corrected chi connectivity index (χ3v) is 5.97. The Morgan fingerprint density at radius 3 is 2.45 bits per heavy atom. The SMILES string of the molecule is Nc1cc(SC2=C(C(=O)O)N3C(=O)[C@H]([NH3+])[C@H]3SC2)nc(N)n1.O=C([O-])C(F)(F)F. The summed E-state index contributed by atoms with van der Waals surface area (Å²) in [5.41, 5.74) is 14.9. The van der Waals surface area contributed by atoms with Crippen molar-refractivity contribution in [3.05, 3.63) is 16.7 Å². The third-order valence-electron chi connectivity index (χ3n) is 3.45. The Hall–Kier alpha value is -2.72. The van der Waals surface area contributed by atoms with Crippen molar-refractivity contribution < 1.29 is 43.5 Å². The predicted octanol–water partition coefficient (Wildman–Crippen LogP) is -2.15. The van der Waals surface area contributed by atoms with Crippen LogP contribution >= 0.6 is 23.5 Å². The number of nitrogens with two attached hydrogens (primary N) is 2. The summed E-state index contributed by atoms with van der Waals surface area (Å²) in [7, 11) is 0. The highest BCUT2D eigenvalue weighted by Crippen LogP contribution is 2.43. The summed E-state index contributed by atoms with van der Waals surface area (Å²) in [4.78, 5) is 41.8. The Labute approximate surface area is 168 Å². The highest BCUT2D eigenvalue weighted by atomic mass is 32.2. The van der Waals surface area contributed by atoms with Crippen molar-refractivity contribution in [2.24, 2.45) is 0 Å². The van der Waals surface area contributed by atoms with Crippen molar-refractivity contribution in [2.75, 3.05) is 17.2 Å². The largest absolute Gasteiger partial charge is 0.542 e. The van der Waals surface area contributed by atoms with Crippen LogP contribution in [0.4, 0.5) is 24.9 Å². The van der Waals surface area contributed by atoms with Crippen molar-refractivity contribution in [2.45, 2.75) is 22.6 Å². The number of aromatic nitrogens is 2. The van der Waals surface area contributed by atoms with Crippen LogP contribution in [0.5, 0.6) is 0 Å². The zero-order valence-electron chi connectivity index (χ0n) is 14.2. The molecule has 11 nitrogen and oxygen atoms in total. The van der Waals surface area contributed by atoms with Gasteiger partial charge >= 0.3 is 12.1 Å². The maximum atomic E-state index is 11.9. The van der Waals surface area contributed by atoms with E-state index in [1.807, 2.05) is 0 Å². The van der Waals surface area contributed by atoms with Gasteiger partial charge in [-0.3, -0.25) is 9.69 Å². The molecule has 1 aromatic heterocycles. The minimum absolute atomic E-state index is 0.0131. The molecule has 0 radical (unpaired) electrons. The fraction of sp³-hybridized carbons (Fsp3) is 0.308. The van der Waals surface area contributed by atoms with Gasteiger partial charge in [-0.2, -0.15) is 18.2 Å². The van der Waals surface area contributed by atoms with Crippen LogP contribution < -0.4 is 22.3 Å². The van der Waals surface area contributed by atoms with Crippen LogP contribution in [0.2, 0.25) is 0 Å². The summed E-state index contributed by atoms with van der Waals surface area (Å²) in [6, 6.07) is 1.10. The fourth-order valence-electron chi connectivity index (χ4n) is 2.26. The number of carbonyl (C=O) groups is 3. The molecule has 1 fully saturated rings. The van der Waals surface area contributed by atoms with Gasteiger partial charge in [0.15, 0.2) is 6.04 Å². The standard InChI is InChI=1S/C11H12N6O3S2.C2HF3O2/c12-4-1-5(16-11(14)15-4)22-3-2-21-9-6(13)8(18)17(9)7(3)10(19)20;3-2(4,5)1(6)7/h1,6,9H,2,13H2,(H,19,20)(H4,12,14,15,16);(H,6,7)/t6-,9+;/m0./s1. The Morgan fingerprint density at radius 2 is 1.97 bits per heavy atom. The van der Waals surface area contributed by atoms with Gasteiger partial charge in [-0.15, -0.1) is 11.8 Å². The Kier molecular flexibility index (Phi) is 6.49. The van der Waals surface area contributed by atoms with Crippen molar-refractivity contribution in [1.82, 2.24) is 14.9 Å². The van der Waals surface area contributed by atoms with E-state index in [0.29, 0.717) is 15.7 Å². The van der Waals surface area contributed by atoms with Gasteiger partial charge in [-0.25, -0.2) is 9.78 Å². The lowest BCUT2D eigenvalue weighted by molar-refractivity contribution is -0.423. The second-order valence-electron chi connectivity index (χ2n) is 5.47. The molecule has 2 aliphatic rings. The quantitative estimate of drug-likeness (QED) is 0.286. The zero-order valence-corrected chi connectivity index (χ0v) is 15.8. The predicted molar refractivity (Wildman–Crippen MR) is 92.2 cm³/mol. The van der Waals surface area contributed by atoms with E-state index in [1.165, 1.54) is 22.7 Å². The van der Waals surface area contributed by atoms with E-state index >= 15 is 0 Å². The van der Waals surface area contributed by atoms with Crippen LogP contribution in [0.1, 0.15) is 0 Å². The first-order valence-corrected chi connectivity index (χ1v) is 9.29. The molecule has 1 amide bonds. The topological polar surface area (TPSA) is 203 Å². The van der Waals surface area contributed by atoms with E-state index < -0.39 is 24.2 Å². The zero-order chi connectivity index (χ0) is 22.1. The molecule has 0 spiro atoms. The van der Waals surface area contributed by atoms with Gasteiger partial charge in [0, 0.05) is 16.7 Å². The van der Waals surface area contributed by atoms with E-state index in [2.05, 4.69) is 15.7 Å². The molecule has 16 heteroatoms. The molecule has 0 saturated carbocycles. The summed E-state index contributed by atoms with van der Waals surface area (Å²) in [5, 5.41) is 18.5. The molecule has 158 valence electrons. The second-order valence-corrected chi connectivity index (χ2v) is 7.69. The number of nitrogen functional groups attached to an aromatic ring is 2. The lowest BCUT2D eigenvalue weighted by Crippen LogP contribution is -2.83. The lowest BCUT2D eigenvalue weighted by atomic mass is 10.1. The smallest absolute Gasteiger partial charge is 0.430 e. The molecule has 29 heavy (non-hydrogen) atoms. The van der Waals surface area contributed by atoms with Crippen LogP contribution in [-0.4, -0.2) is 61.2 Å². The number of nitrogens with zero attached hydrogens (tertiary/aromatic N) is 3. The molecule has 0 bridgehead atoms. The number of carbonyl (C=O) groups excluding carboxylic acids is 2. The Morgan fingerprint density at radius 1 is 1.38 bits per heavy atom. The average molecular weight is 454 g/mol. The summed E-state index contributed by atoms with van der Waals surface area (Å²) < 4.78 is 31.5. The van der Waals surface area contributed by atoms with Gasteiger partial charge in [0.05, 0.1) is 0 Å². The number of quaternary nitrogens is 1. The number of rotatable bonds is 3. The van der Waals surface area contributed by atoms with Gasteiger partial charge < -0.3 is 32.2 Å². The molecule has 2 aliphatic heterocycles. The van der Waals surface area contributed by atoms with Crippen molar-refractivity contribution >= 4 is 53.1 Å². The number of alkyl halides is 3. The molecular formula is C13H13F3N6O5S2. The van der Waals surface area contributed by atoms with Crippen molar-refractivity contribution in [3.63, 3.8) is 0 Å². The number of hydrogen-bond donors (Lipinski definition) is 4. The van der Waals surface area contributed by atoms with Gasteiger partial charge in [0.2, 0.25) is 5.95 Å². The molecule has 8 N–H and O–H groups in total. The number of amides is 1. The van der Waals surface area contributed by atoms with Crippen molar-refractivity contribution in [1.29, 1.82) is 0 Å². The minimum atomic E-state index is -5.19. The van der Waals surface area contributed by atoms with E-state index in [-0.39, 0.29) is 28.7 Å². The number of fused-ring (bicyclic) bond motifs is 1. The number of thioether (sulfide) groups is 2. The molecule has 0 unspecified atom stereocenters. The van der Waals surface area contributed by atoms with E-state index in [4.69, 9.17) is 21.4 Å². The number of β-lactam (4-membered cyclic amide) rings is 1. The highest BCUT2D eigenvalue weighted by Gasteiger charge is 2.54. The summed E-state index contributed by atoms with van der Waals surface area (Å²) in [6.07, 6.45) is -5.19. The van der Waals surface area contributed by atoms with Crippen LogP contribution in [0, 0.1) is 0 Å². The van der Waals surface area contributed by atoms with Crippen molar-refractivity contribution in [3.8, 4) is 0 Å². The van der Waals surface area contributed by atoms with E-state index in [1.54, 1.807) is 0 Å². The normalized spacial score (nSPS) is 21.0. The molecule has 0 aliphatic carbocycles. The number of carboxylic acids is 2.